The summed E-state index contributed by atoms with van der Waals surface area (Å²) in [5, 5.41) is 0. The first-order chi connectivity index (χ1) is 9.46. The van der Waals surface area contributed by atoms with Gasteiger partial charge in [-0.1, -0.05) is 29.8 Å². The summed E-state index contributed by atoms with van der Waals surface area (Å²) in [5.74, 6) is -0.537. The second-order valence-corrected chi connectivity index (χ2v) is 6.52. The van der Waals surface area contributed by atoms with Gasteiger partial charge in [-0.15, -0.1) is 0 Å². The standard InChI is InChI=1S/C14H17NO4S/c1-11-6-8-12(9-7-11)20(17,18)15-10-4-3-5-13(15)14(16)19-2/h3-4,6-9,13H,5,10H2,1-2H3/t13-/m0/s1. The number of hydrogen-bond acceptors (Lipinski definition) is 4. The Bertz CT molecular complexity index is 619. The van der Waals surface area contributed by atoms with E-state index in [9.17, 15) is 13.2 Å². The number of methoxy groups -OCH3 is 1. The molecule has 2 rings (SSSR count). The molecule has 108 valence electrons. The van der Waals surface area contributed by atoms with Crippen LogP contribution in [0.15, 0.2) is 41.3 Å². The van der Waals surface area contributed by atoms with Crippen LogP contribution in [0.1, 0.15) is 12.0 Å². The van der Waals surface area contributed by atoms with E-state index >= 15 is 0 Å². The Labute approximate surface area is 118 Å². The van der Waals surface area contributed by atoms with Crippen LogP contribution < -0.4 is 0 Å². The average molecular weight is 295 g/mol. The first kappa shape index (κ1) is 14.7. The molecule has 0 N–H and O–H groups in total. The number of sulfonamides is 1. The van der Waals surface area contributed by atoms with E-state index in [0.29, 0.717) is 6.42 Å². The molecule has 1 atom stereocenters. The molecule has 0 aromatic heterocycles. The van der Waals surface area contributed by atoms with Crippen molar-refractivity contribution in [2.45, 2.75) is 24.3 Å². The van der Waals surface area contributed by atoms with Crippen LogP contribution in [0.4, 0.5) is 0 Å². The molecular weight excluding hydrogens is 278 g/mol. The Morgan fingerprint density at radius 1 is 1.25 bits per heavy atom. The summed E-state index contributed by atoms with van der Waals surface area (Å²) in [6.07, 6.45) is 3.87. The molecule has 5 nitrogen and oxygen atoms in total. The molecule has 0 fully saturated rings. The number of aryl methyl sites for hydroxylation is 1. The summed E-state index contributed by atoms with van der Waals surface area (Å²) in [6.45, 7) is 2.06. The van der Waals surface area contributed by atoms with Crippen molar-refractivity contribution in [2.24, 2.45) is 0 Å². The van der Waals surface area contributed by atoms with E-state index in [1.54, 1.807) is 36.4 Å². The van der Waals surface area contributed by atoms with Crippen molar-refractivity contribution < 1.29 is 17.9 Å². The number of carbonyl (C=O) groups excluding carboxylic acids is 1. The highest BCUT2D eigenvalue weighted by Gasteiger charge is 2.36. The lowest BCUT2D eigenvalue weighted by Crippen LogP contribution is -2.46. The highest BCUT2D eigenvalue weighted by atomic mass is 32.2. The zero-order valence-corrected chi connectivity index (χ0v) is 12.3. The maximum absolute atomic E-state index is 12.6. The Balaban J connectivity index is 2.38. The molecule has 0 radical (unpaired) electrons. The fraction of sp³-hybridized carbons (Fsp3) is 0.357. The van der Waals surface area contributed by atoms with Gasteiger partial charge < -0.3 is 4.74 Å². The SMILES string of the molecule is COC(=O)[C@@H]1CC=CCN1S(=O)(=O)c1ccc(C)cc1. The number of benzene rings is 1. The van der Waals surface area contributed by atoms with Gasteiger partial charge in [-0.3, -0.25) is 4.79 Å². The van der Waals surface area contributed by atoms with E-state index in [0.717, 1.165) is 5.56 Å². The average Bonchev–Trinajstić information content (AvgIpc) is 2.47. The molecule has 1 aliphatic heterocycles. The van der Waals surface area contributed by atoms with Crippen molar-refractivity contribution >= 4 is 16.0 Å². The van der Waals surface area contributed by atoms with Crippen molar-refractivity contribution in [3.8, 4) is 0 Å². The fourth-order valence-corrected chi connectivity index (χ4v) is 3.65. The Morgan fingerprint density at radius 2 is 1.90 bits per heavy atom. The third-order valence-corrected chi connectivity index (χ3v) is 5.15. The van der Waals surface area contributed by atoms with Gasteiger partial charge in [0.05, 0.1) is 12.0 Å². The van der Waals surface area contributed by atoms with Crippen molar-refractivity contribution in [2.75, 3.05) is 13.7 Å². The molecule has 1 aromatic rings. The smallest absolute Gasteiger partial charge is 0.324 e. The van der Waals surface area contributed by atoms with Gasteiger partial charge in [0.25, 0.3) is 0 Å². The van der Waals surface area contributed by atoms with Gasteiger partial charge in [-0.05, 0) is 25.5 Å². The minimum Gasteiger partial charge on any atom is -0.468 e. The van der Waals surface area contributed by atoms with Crippen molar-refractivity contribution in [3.05, 3.63) is 42.0 Å². The normalized spacial score (nSPS) is 19.8. The van der Waals surface area contributed by atoms with Crippen LogP contribution in [-0.2, 0) is 19.6 Å². The van der Waals surface area contributed by atoms with E-state index in [2.05, 4.69) is 0 Å². The maximum Gasteiger partial charge on any atom is 0.324 e. The fourth-order valence-electron chi connectivity index (χ4n) is 2.11. The first-order valence-electron chi connectivity index (χ1n) is 6.28. The lowest BCUT2D eigenvalue weighted by molar-refractivity contribution is -0.145. The number of rotatable bonds is 3. The predicted molar refractivity (Wildman–Crippen MR) is 74.6 cm³/mol. The molecule has 6 heteroatoms. The molecule has 1 heterocycles. The number of ether oxygens (including phenoxy) is 1. The molecule has 0 amide bonds. The molecule has 20 heavy (non-hydrogen) atoms. The summed E-state index contributed by atoms with van der Waals surface area (Å²) in [7, 11) is -2.44. The van der Waals surface area contributed by atoms with Crippen LogP contribution in [-0.4, -0.2) is 38.4 Å². The van der Waals surface area contributed by atoms with Crippen LogP contribution in [0.2, 0.25) is 0 Å². The molecule has 1 aliphatic rings. The minimum atomic E-state index is -3.70. The van der Waals surface area contributed by atoms with Crippen molar-refractivity contribution in [3.63, 3.8) is 0 Å². The second-order valence-electron chi connectivity index (χ2n) is 4.63. The first-order valence-corrected chi connectivity index (χ1v) is 7.72. The molecule has 1 aromatic carbocycles. The zero-order chi connectivity index (χ0) is 14.8. The lowest BCUT2D eigenvalue weighted by Gasteiger charge is -2.29. The third kappa shape index (κ3) is 2.76. The highest BCUT2D eigenvalue weighted by molar-refractivity contribution is 7.89. The largest absolute Gasteiger partial charge is 0.468 e. The molecule has 0 unspecified atom stereocenters. The van der Waals surface area contributed by atoms with Gasteiger partial charge in [0.2, 0.25) is 10.0 Å². The Morgan fingerprint density at radius 3 is 2.50 bits per heavy atom. The van der Waals surface area contributed by atoms with Gasteiger partial charge in [-0.2, -0.15) is 4.31 Å². The Kier molecular flexibility index (Phi) is 4.25. The molecular formula is C14H17NO4S. The van der Waals surface area contributed by atoms with E-state index < -0.39 is 22.0 Å². The minimum absolute atomic E-state index is 0.177. The topological polar surface area (TPSA) is 63.7 Å². The summed E-state index contributed by atoms with van der Waals surface area (Å²) in [5.41, 5.74) is 0.979. The van der Waals surface area contributed by atoms with Gasteiger partial charge in [0.1, 0.15) is 6.04 Å². The quantitative estimate of drug-likeness (QED) is 0.626. The number of hydrogen-bond donors (Lipinski definition) is 0. The van der Waals surface area contributed by atoms with Gasteiger partial charge in [-0.25, -0.2) is 8.42 Å². The predicted octanol–water partition coefficient (Wildman–Crippen LogP) is 1.49. The summed E-state index contributed by atoms with van der Waals surface area (Å²) < 4.78 is 31.1. The maximum atomic E-state index is 12.6. The molecule has 0 saturated carbocycles. The van der Waals surface area contributed by atoms with Crippen molar-refractivity contribution in [1.29, 1.82) is 0 Å². The monoisotopic (exact) mass is 295 g/mol. The van der Waals surface area contributed by atoms with Crippen LogP contribution >= 0.6 is 0 Å². The number of carbonyl (C=O) groups is 1. The molecule has 0 aliphatic carbocycles. The molecule has 0 saturated heterocycles. The van der Waals surface area contributed by atoms with E-state index in [4.69, 9.17) is 4.74 Å². The van der Waals surface area contributed by atoms with E-state index in [-0.39, 0.29) is 11.4 Å². The number of nitrogens with zero attached hydrogens (tertiary/aromatic N) is 1. The van der Waals surface area contributed by atoms with Crippen molar-refractivity contribution in [1.82, 2.24) is 4.31 Å². The molecule has 0 spiro atoms. The van der Waals surface area contributed by atoms with E-state index in [1.807, 2.05) is 6.92 Å². The zero-order valence-electron chi connectivity index (χ0n) is 11.4. The third-order valence-electron chi connectivity index (χ3n) is 3.26. The van der Waals surface area contributed by atoms with Gasteiger partial charge in [0.15, 0.2) is 0 Å². The Hall–Kier alpha value is -1.66. The summed E-state index contributed by atoms with van der Waals surface area (Å²) in [4.78, 5) is 11.9. The summed E-state index contributed by atoms with van der Waals surface area (Å²) >= 11 is 0. The second kappa shape index (κ2) is 5.76. The highest BCUT2D eigenvalue weighted by Crippen LogP contribution is 2.23. The number of esters is 1. The van der Waals surface area contributed by atoms with Gasteiger partial charge in [0, 0.05) is 6.54 Å². The van der Waals surface area contributed by atoms with E-state index in [1.165, 1.54) is 11.4 Å². The van der Waals surface area contributed by atoms with Gasteiger partial charge >= 0.3 is 5.97 Å². The van der Waals surface area contributed by atoms with Crippen LogP contribution in [0.5, 0.6) is 0 Å². The summed E-state index contributed by atoms with van der Waals surface area (Å²) in [6, 6.07) is 5.78. The van der Waals surface area contributed by atoms with Crippen LogP contribution in [0.3, 0.4) is 0 Å². The lowest BCUT2D eigenvalue weighted by atomic mass is 10.1. The van der Waals surface area contributed by atoms with Crippen LogP contribution in [0, 0.1) is 6.92 Å². The molecule has 0 bridgehead atoms. The van der Waals surface area contributed by atoms with Crippen LogP contribution in [0.25, 0.3) is 0 Å².